The average molecular weight is 383 g/mol. The third kappa shape index (κ3) is 4.54. The van der Waals surface area contributed by atoms with E-state index in [1.165, 1.54) is 0 Å². The van der Waals surface area contributed by atoms with Crippen molar-refractivity contribution in [3.63, 3.8) is 0 Å². The van der Waals surface area contributed by atoms with Gasteiger partial charge in [-0.25, -0.2) is 0 Å². The topological polar surface area (TPSA) is 59.0 Å². The Balaban J connectivity index is 0.00000225. The van der Waals surface area contributed by atoms with Gasteiger partial charge < -0.3 is 10.6 Å². The molecular weight excluding hydrogens is 359 g/mol. The van der Waals surface area contributed by atoms with Gasteiger partial charge in [-0.15, -0.1) is 12.4 Å². The molecule has 5 nitrogen and oxygen atoms in total. The first-order chi connectivity index (χ1) is 11.6. The number of benzene rings is 1. The van der Waals surface area contributed by atoms with Crippen molar-refractivity contribution in [2.45, 2.75) is 25.3 Å². The van der Waals surface area contributed by atoms with Crippen LogP contribution in [0, 0.1) is 5.92 Å². The summed E-state index contributed by atoms with van der Waals surface area (Å²) in [6.45, 7) is 3.58. The summed E-state index contributed by atoms with van der Waals surface area (Å²) in [5, 5.41) is 11.5. The van der Waals surface area contributed by atoms with Crippen molar-refractivity contribution in [1.29, 1.82) is 0 Å². The number of rotatable bonds is 5. The highest BCUT2D eigenvalue weighted by Crippen LogP contribution is 2.29. The van der Waals surface area contributed by atoms with Crippen LogP contribution < -0.4 is 10.6 Å². The molecule has 1 amide bonds. The Morgan fingerprint density at radius 1 is 1.40 bits per heavy atom. The van der Waals surface area contributed by atoms with Crippen LogP contribution in [0.4, 0.5) is 0 Å². The predicted octanol–water partition coefficient (Wildman–Crippen LogP) is 3.07. The summed E-state index contributed by atoms with van der Waals surface area (Å²) in [6.07, 6.45) is 4.69. The van der Waals surface area contributed by atoms with Crippen molar-refractivity contribution >= 4 is 29.9 Å². The van der Waals surface area contributed by atoms with Gasteiger partial charge in [0, 0.05) is 37.3 Å². The van der Waals surface area contributed by atoms with Gasteiger partial charge in [0.05, 0.1) is 18.2 Å². The van der Waals surface area contributed by atoms with E-state index in [0.29, 0.717) is 11.6 Å². The summed E-state index contributed by atoms with van der Waals surface area (Å²) < 4.78 is 1.78. The van der Waals surface area contributed by atoms with Crippen LogP contribution in [-0.2, 0) is 11.8 Å². The zero-order valence-corrected chi connectivity index (χ0v) is 16.0. The molecule has 0 spiro atoms. The summed E-state index contributed by atoms with van der Waals surface area (Å²) in [7, 11) is 1.90. The van der Waals surface area contributed by atoms with Gasteiger partial charge in [-0.3, -0.25) is 9.48 Å². The normalized spacial score (nSPS) is 20.8. The molecule has 2 aromatic rings. The largest absolute Gasteiger partial charge is 0.349 e. The maximum atomic E-state index is 12.8. The Kier molecular flexibility index (Phi) is 6.87. The number of nitrogens with zero attached hydrogens (tertiary/aromatic N) is 2. The van der Waals surface area contributed by atoms with Gasteiger partial charge in [-0.2, -0.15) is 5.10 Å². The molecule has 2 heterocycles. The fraction of sp³-hybridized carbons (Fsp3) is 0.444. The SMILES string of the molecule is CCC(NC(=O)[C@H]1CNC[C@@H]1c1cnn(C)c1)c1ccc(Cl)cc1.Cl. The fourth-order valence-corrected chi connectivity index (χ4v) is 3.46. The van der Waals surface area contributed by atoms with Gasteiger partial charge in [0.15, 0.2) is 0 Å². The van der Waals surface area contributed by atoms with Crippen molar-refractivity contribution in [2.75, 3.05) is 13.1 Å². The second kappa shape index (κ2) is 8.70. The summed E-state index contributed by atoms with van der Waals surface area (Å²) in [5.41, 5.74) is 2.20. The van der Waals surface area contributed by atoms with Crippen LogP contribution in [0.15, 0.2) is 36.7 Å². The molecule has 1 saturated heterocycles. The van der Waals surface area contributed by atoms with E-state index in [-0.39, 0.29) is 36.2 Å². The van der Waals surface area contributed by atoms with Gasteiger partial charge in [-0.1, -0.05) is 30.7 Å². The van der Waals surface area contributed by atoms with Crippen LogP contribution >= 0.6 is 24.0 Å². The van der Waals surface area contributed by atoms with Gasteiger partial charge in [0.25, 0.3) is 0 Å². The number of carbonyl (C=O) groups excluding carboxylic acids is 1. The number of carbonyl (C=O) groups is 1. The molecule has 0 aliphatic carbocycles. The third-order valence-electron chi connectivity index (χ3n) is 4.70. The molecule has 7 heteroatoms. The van der Waals surface area contributed by atoms with E-state index in [0.717, 1.165) is 24.1 Å². The maximum Gasteiger partial charge on any atom is 0.225 e. The van der Waals surface area contributed by atoms with Crippen LogP contribution in [-0.4, -0.2) is 28.8 Å². The minimum atomic E-state index is -0.0736. The summed E-state index contributed by atoms with van der Waals surface area (Å²) in [6, 6.07) is 7.68. The molecule has 25 heavy (non-hydrogen) atoms. The number of hydrogen-bond donors (Lipinski definition) is 2. The molecule has 1 unspecified atom stereocenters. The second-order valence-electron chi connectivity index (χ2n) is 6.34. The monoisotopic (exact) mass is 382 g/mol. The van der Waals surface area contributed by atoms with Gasteiger partial charge in [0.2, 0.25) is 5.91 Å². The second-order valence-corrected chi connectivity index (χ2v) is 6.78. The molecule has 1 fully saturated rings. The summed E-state index contributed by atoms with van der Waals surface area (Å²) >= 11 is 5.95. The van der Waals surface area contributed by atoms with E-state index in [2.05, 4.69) is 22.7 Å². The molecule has 2 N–H and O–H groups in total. The number of hydrogen-bond acceptors (Lipinski definition) is 3. The summed E-state index contributed by atoms with van der Waals surface area (Å²) in [5.74, 6) is 0.188. The third-order valence-corrected chi connectivity index (χ3v) is 4.95. The zero-order valence-electron chi connectivity index (χ0n) is 14.4. The Hall–Kier alpha value is -1.56. The molecule has 0 bridgehead atoms. The Bertz CT molecular complexity index is 701. The molecule has 3 rings (SSSR count). The van der Waals surface area contributed by atoms with E-state index in [9.17, 15) is 4.79 Å². The van der Waals surface area contributed by atoms with Crippen molar-refractivity contribution in [3.8, 4) is 0 Å². The smallest absolute Gasteiger partial charge is 0.225 e. The highest BCUT2D eigenvalue weighted by atomic mass is 35.5. The highest BCUT2D eigenvalue weighted by molar-refractivity contribution is 6.30. The Morgan fingerprint density at radius 3 is 2.72 bits per heavy atom. The van der Waals surface area contributed by atoms with Crippen molar-refractivity contribution in [2.24, 2.45) is 13.0 Å². The fourth-order valence-electron chi connectivity index (χ4n) is 3.33. The lowest BCUT2D eigenvalue weighted by Crippen LogP contribution is -2.36. The molecule has 136 valence electrons. The van der Waals surface area contributed by atoms with Gasteiger partial charge in [0.1, 0.15) is 0 Å². The molecule has 1 aromatic heterocycles. The van der Waals surface area contributed by atoms with E-state index in [1.807, 2.05) is 43.7 Å². The van der Waals surface area contributed by atoms with E-state index >= 15 is 0 Å². The van der Waals surface area contributed by atoms with E-state index < -0.39 is 0 Å². The van der Waals surface area contributed by atoms with Crippen molar-refractivity contribution in [3.05, 3.63) is 52.8 Å². The minimum absolute atomic E-state index is 0. The van der Waals surface area contributed by atoms with Crippen LogP contribution in [0.5, 0.6) is 0 Å². The predicted molar refractivity (Wildman–Crippen MR) is 102 cm³/mol. The Labute approximate surface area is 159 Å². The lowest BCUT2D eigenvalue weighted by atomic mass is 9.89. The van der Waals surface area contributed by atoms with Crippen LogP contribution in [0.25, 0.3) is 0 Å². The van der Waals surface area contributed by atoms with E-state index in [1.54, 1.807) is 4.68 Å². The molecule has 1 aromatic carbocycles. The molecule has 1 aliphatic rings. The summed E-state index contributed by atoms with van der Waals surface area (Å²) in [4.78, 5) is 12.8. The number of amides is 1. The highest BCUT2D eigenvalue weighted by Gasteiger charge is 2.35. The first kappa shape index (κ1) is 19.8. The maximum absolute atomic E-state index is 12.8. The van der Waals surface area contributed by atoms with Crippen LogP contribution in [0.3, 0.4) is 0 Å². The van der Waals surface area contributed by atoms with Crippen LogP contribution in [0.1, 0.15) is 36.4 Å². The van der Waals surface area contributed by atoms with Gasteiger partial charge >= 0.3 is 0 Å². The molecule has 3 atom stereocenters. The molecule has 0 radical (unpaired) electrons. The quantitative estimate of drug-likeness (QED) is 0.835. The standard InChI is InChI=1S/C18H23ClN4O.ClH/c1-3-17(12-4-6-14(19)7-5-12)22-18(24)16-10-20-9-15(16)13-8-21-23(2)11-13;/h4-8,11,15-17,20H,3,9-10H2,1-2H3,(H,22,24);1H/t15-,16+,17?;/m1./s1. The number of nitrogens with one attached hydrogen (secondary N) is 2. The van der Waals surface area contributed by atoms with Crippen molar-refractivity contribution in [1.82, 2.24) is 20.4 Å². The molecule has 1 aliphatic heterocycles. The lowest BCUT2D eigenvalue weighted by molar-refractivity contribution is -0.125. The number of aromatic nitrogens is 2. The zero-order chi connectivity index (χ0) is 17.1. The van der Waals surface area contributed by atoms with Crippen molar-refractivity contribution < 1.29 is 4.79 Å². The lowest BCUT2D eigenvalue weighted by Gasteiger charge is -2.22. The van der Waals surface area contributed by atoms with Crippen LogP contribution in [0.2, 0.25) is 5.02 Å². The minimum Gasteiger partial charge on any atom is -0.349 e. The molecule has 0 saturated carbocycles. The number of halogens is 2. The van der Waals surface area contributed by atoms with E-state index in [4.69, 9.17) is 11.6 Å². The Morgan fingerprint density at radius 2 is 2.12 bits per heavy atom. The first-order valence-electron chi connectivity index (χ1n) is 8.33. The first-order valence-corrected chi connectivity index (χ1v) is 8.71. The van der Waals surface area contributed by atoms with Gasteiger partial charge in [-0.05, 0) is 29.7 Å². The molecular formula is C18H24Cl2N4O. The average Bonchev–Trinajstić information content (AvgIpc) is 3.22. The number of aryl methyl sites for hydroxylation is 1.